The topological polar surface area (TPSA) is 75.4 Å². The summed E-state index contributed by atoms with van der Waals surface area (Å²) < 4.78 is 5.34. The van der Waals surface area contributed by atoms with Gasteiger partial charge in [-0.2, -0.15) is 0 Å². The zero-order chi connectivity index (χ0) is 13.7. The van der Waals surface area contributed by atoms with Crippen molar-refractivity contribution in [3.63, 3.8) is 0 Å². The van der Waals surface area contributed by atoms with Crippen LogP contribution in [0.15, 0.2) is 41.0 Å². The van der Waals surface area contributed by atoms with E-state index in [1.54, 1.807) is 6.92 Å². The van der Waals surface area contributed by atoms with Gasteiger partial charge in [0.25, 0.3) is 0 Å². The van der Waals surface area contributed by atoms with Gasteiger partial charge in [0.05, 0.1) is 18.7 Å². The van der Waals surface area contributed by atoms with E-state index in [1.165, 1.54) is 6.26 Å². The fourth-order valence-electron chi connectivity index (χ4n) is 1.64. The molecule has 19 heavy (non-hydrogen) atoms. The van der Waals surface area contributed by atoms with Crippen molar-refractivity contribution in [2.45, 2.75) is 19.4 Å². The third-order valence-electron chi connectivity index (χ3n) is 2.60. The predicted octanol–water partition coefficient (Wildman–Crippen LogP) is 1.38. The number of aromatic nitrogens is 1. The molecule has 1 amide bonds. The molecule has 0 aliphatic rings. The molecule has 0 saturated carbocycles. The number of oxazole rings is 1. The van der Waals surface area contributed by atoms with Crippen LogP contribution in [-0.2, 0) is 11.2 Å². The van der Waals surface area contributed by atoms with Crippen LogP contribution in [0.4, 0.5) is 0 Å². The third kappa shape index (κ3) is 3.66. The Labute approximate surface area is 111 Å². The van der Waals surface area contributed by atoms with Crippen molar-refractivity contribution in [2.75, 3.05) is 6.61 Å². The minimum absolute atomic E-state index is 0.0835. The van der Waals surface area contributed by atoms with Crippen LogP contribution >= 0.6 is 0 Å². The van der Waals surface area contributed by atoms with Gasteiger partial charge in [0, 0.05) is 11.6 Å². The maximum absolute atomic E-state index is 11.6. The molecule has 100 valence electrons. The molecule has 2 aromatic rings. The first kappa shape index (κ1) is 13.3. The monoisotopic (exact) mass is 260 g/mol. The van der Waals surface area contributed by atoms with Gasteiger partial charge < -0.3 is 14.8 Å². The number of nitrogens with one attached hydrogen (secondary N) is 1. The van der Waals surface area contributed by atoms with E-state index in [9.17, 15) is 4.79 Å². The van der Waals surface area contributed by atoms with Crippen LogP contribution in [0.25, 0.3) is 11.5 Å². The standard InChI is InChI=1S/C14H16N2O3/c1-10(8-17)15-13(18)7-12-9-19-14(16-12)11-5-3-2-4-6-11/h2-6,9-10,17H,7-8H2,1H3,(H,15,18). The minimum Gasteiger partial charge on any atom is -0.444 e. The number of amides is 1. The Kier molecular flexibility index (Phi) is 4.30. The molecule has 2 N–H and O–H groups in total. The molecule has 1 aromatic carbocycles. The fourth-order valence-corrected chi connectivity index (χ4v) is 1.64. The van der Waals surface area contributed by atoms with E-state index >= 15 is 0 Å². The Morgan fingerprint density at radius 3 is 2.84 bits per heavy atom. The first-order valence-electron chi connectivity index (χ1n) is 6.09. The maximum atomic E-state index is 11.6. The summed E-state index contributed by atoms with van der Waals surface area (Å²) in [7, 11) is 0. The fraction of sp³-hybridized carbons (Fsp3) is 0.286. The van der Waals surface area contributed by atoms with Gasteiger partial charge in [-0.3, -0.25) is 4.79 Å². The van der Waals surface area contributed by atoms with E-state index in [0.29, 0.717) is 11.6 Å². The van der Waals surface area contributed by atoms with Gasteiger partial charge in [-0.05, 0) is 19.1 Å². The lowest BCUT2D eigenvalue weighted by molar-refractivity contribution is -0.121. The van der Waals surface area contributed by atoms with Crippen LogP contribution in [0.2, 0.25) is 0 Å². The van der Waals surface area contributed by atoms with Crippen LogP contribution in [-0.4, -0.2) is 28.6 Å². The molecule has 0 aliphatic heterocycles. The van der Waals surface area contributed by atoms with Crippen molar-refractivity contribution in [2.24, 2.45) is 0 Å². The number of rotatable bonds is 5. The zero-order valence-corrected chi connectivity index (χ0v) is 10.7. The van der Waals surface area contributed by atoms with Crippen LogP contribution in [0.3, 0.4) is 0 Å². The van der Waals surface area contributed by atoms with Crippen molar-refractivity contribution >= 4 is 5.91 Å². The van der Waals surface area contributed by atoms with Gasteiger partial charge in [0.1, 0.15) is 6.26 Å². The highest BCUT2D eigenvalue weighted by atomic mass is 16.3. The summed E-state index contributed by atoms with van der Waals surface area (Å²) in [6.07, 6.45) is 1.62. The SMILES string of the molecule is CC(CO)NC(=O)Cc1coc(-c2ccccc2)n1. The number of carbonyl (C=O) groups is 1. The molecule has 5 heteroatoms. The molecular formula is C14H16N2O3. The summed E-state index contributed by atoms with van der Waals surface area (Å²) in [6.45, 7) is 1.65. The van der Waals surface area contributed by atoms with E-state index < -0.39 is 0 Å². The van der Waals surface area contributed by atoms with E-state index in [1.807, 2.05) is 30.3 Å². The smallest absolute Gasteiger partial charge is 0.226 e. The lowest BCUT2D eigenvalue weighted by Gasteiger charge is -2.09. The Morgan fingerprint density at radius 2 is 2.16 bits per heavy atom. The lowest BCUT2D eigenvalue weighted by atomic mass is 10.2. The Balaban J connectivity index is 2.00. The molecule has 2 rings (SSSR count). The summed E-state index contributed by atoms with van der Waals surface area (Å²) in [5.41, 5.74) is 1.44. The molecule has 1 atom stereocenters. The van der Waals surface area contributed by atoms with E-state index in [0.717, 1.165) is 5.56 Å². The van der Waals surface area contributed by atoms with E-state index in [-0.39, 0.29) is 25.0 Å². The van der Waals surface area contributed by atoms with Crippen LogP contribution in [0.1, 0.15) is 12.6 Å². The largest absolute Gasteiger partial charge is 0.444 e. The number of benzene rings is 1. The number of hydrogen-bond donors (Lipinski definition) is 2. The molecule has 0 radical (unpaired) electrons. The molecule has 0 spiro atoms. The molecule has 5 nitrogen and oxygen atoms in total. The molecule has 0 fully saturated rings. The first-order valence-corrected chi connectivity index (χ1v) is 6.09. The molecular weight excluding hydrogens is 244 g/mol. The highest BCUT2D eigenvalue weighted by Crippen LogP contribution is 2.17. The third-order valence-corrected chi connectivity index (χ3v) is 2.60. The van der Waals surface area contributed by atoms with Gasteiger partial charge in [-0.15, -0.1) is 0 Å². The normalized spacial score (nSPS) is 12.1. The number of nitrogens with zero attached hydrogens (tertiary/aromatic N) is 1. The second-order valence-electron chi connectivity index (χ2n) is 4.34. The summed E-state index contributed by atoms with van der Waals surface area (Å²) in [5, 5.41) is 11.5. The summed E-state index contributed by atoms with van der Waals surface area (Å²) >= 11 is 0. The quantitative estimate of drug-likeness (QED) is 0.851. The molecule has 1 heterocycles. The minimum atomic E-state index is -0.256. The van der Waals surface area contributed by atoms with E-state index in [4.69, 9.17) is 9.52 Å². The summed E-state index contributed by atoms with van der Waals surface area (Å²) in [5.74, 6) is 0.313. The summed E-state index contributed by atoms with van der Waals surface area (Å²) in [4.78, 5) is 15.9. The molecule has 0 aliphatic carbocycles. The number of hydrogen-bond acceptors (Lipinski definition) is 4. The molecule has 0 bridgehead atoms. The van der Waals surface area contributed by atoms with Crippen molar-refractivity contribution in [3.8, 4) is 11.5 Å². The first-order chi connectivity index (χ1) is 9.19. The maximum Gasteiger partial charge on any atom is 0.226 e. The summed E-state index contributed by atoms with van der Waals surface area (Å²) in [6, 6.07) is 9.24. The predicted molar refractivity (Wildman–Crippen MR) is 70.3 cm³/mol. The Hall–Kier alpha value is -2.14. The van der Waals surface area contributed by atoms with Gasteiger partial charge in [-0.25, -0.2) is 4.98 Å². The van der Waals surface area contributed by atoms with Crippen LogP contribution in [0, 0.1) is 0 Å². The van der Waals surface area contributed by atoms with Gasteiger partial charge >= 0.3 is 0 Å². The molecule has 0 saturated heterocycles. The Morgan fingerprint density at radius 1 is 1.42 bits per heavy atom. The average molecular weight is 260 g/mol. The number of aliphatic hydroxyl groups excluding tert-OH is 1. The average Bonchev–Trinajstić information content (AvgIpc) is 2.88. The lowest BCUT2D eigenvalue weighted by Crippen LogP contribution is -2.36. The van der Waals surface area contributed by atoms with Crippen molar-refractivity contribution in [3.05, 3.63) is 42.3 Å². The highest BCUT2D eigenvalue weighted by molar-refractivity contribution is 5.78. The Bertz CT molecular complexity index is 537. The van der Waals surface area contributed by atoms with Gasteiger partial charge in [0.2, 0.25) is 11.8 Å². The number of aliphatic hydroxyl groups is 1. The van der Waals surface area contributed by atoms with Crippen LogP contribution < -0.4 is 5.32 Å². The van der Waals surface area contributed by atoms with Crippen molar-refractivity contribution in [1.29, 1.82) is 0 Å². The zero-order valence-electron chi connectivity index (χ0n) is 10.7. The second kappa shape index (κ2) is 6.15. The van der Waals surface area contributed by atoms with Crippen molar-refractivity contribution < 1.29 is 14.3 Å². The van der Waals surface area contributed by atoms with Gasteiger partial charge in [-0.1, -0.05) is 18.2 Å². The molecule has 1 aromatic heterocycles. The molecule has 1 unspecified atom stereocenters. The van der Waals surface area contributed by atoms with Gasteiger partial charge in [0.15, 0.2) is 0 Å². The number of carbonyl (C=O) groups excluding carboxylic acids is 1. The highest BCUT2D eigenvalue weighted by Gasteiger charge is 2.11. The second-order valence-corrected chi connectivity index (χ2v) is 4.34. The van der Waals surface area contributed by atoms with E-state index in [2.05, 4.69) is 10.3 Å². The van der Waals surface area contributed by atoms with Crippen molar-refractivity contribution in [1.82, 2.24) is 10.3 Å². The van der Waals surface area contributed by atoms with Crippen LogP contribution in [0.5, 0.6) is 0 Å².